The fraction of sp³-hybridized carbons (Fsp3) is 0.364. The van der Waals surface area contributed by atoms with Crippen molar-refractivity contribution in [3.8, 4) is 5.88 Å². The Labute approximate surface area is 99.5 Å². The minimum atomic E-state index is 0.571. The molecular weight excluding hydrogens is 218 g/mol. The van der Waals surface area contributed by atoms with Gasteiger partial charge >= 0.3 is 0 Å². The average Bonchev–Trinajstić information content (AvgIpc) is 2.81. The largest absolute Gasteiger partial charge is 0.481 e. The van der Waals surface area contributed by atoms with Gasteiger partial charge in [0.1, 0.15) is 11.6 Å². The molecule has 0 aliphatic rings. The summed E-state index contributed by atoms with van der Waals surface area (Å²) >= 11 is 0. The van der Waals surface area contributed by atoms with Crippen LogP contribution in [0.3, 0.4) is 0 Å². The molecule has 6 heteroatoms. The molecule has 0 fully saturated rings. The lowest BCUT2D eigenvalue weighted by Crippen LogP contribution is -2.08. The molecule has 90 valence electrons. The van der Waals surface area contributed by atoms with E-state index >= 15 is 0 Å². The lowest BCUT2D eigenvalue weighted by atomic mass is 10.3. The van der Waals surface area contributed by atoms with Crippen LogP contribution in [0.4, 0.5) is 5.82 Å². The summed E-state index contributed by atoms with van der Waals surface area (Å²) in [5.41, 5.74) is 1.09. The molecule has 0 spiro atoms. The molecule has 0 saturated heterocycles. The first-order valence-corrected chi connectivity index (χ1v) is 5.39. The van der Waals surface area contributed by atoms with Crippen LogP contribution in [0.5, 0.6) is 5.88 Å². The summed E-state index contributed by atoms with van der Waals surface area (Å²) in [4.78, 5) is 15.4. The first-order valence-electron chi connectivity index (χ1n) is 5.39. The predicted molar refractivity (Wildman–Crippen MR) is 64.1 cm³/mol. The maximum atomic E-state index is 5.08. The van der Waals surface area contributed by atoms with E-state index in [0.717, 1.165) is 24.5 Å². The molecule has 0 aliphatic heterocycles. The quantitative estimate of drug-likeness (QED) is 0.810. The van der Waals surface area contributed by atoms with Crippen molar-refractivity contribution in [3.05, 3.63) is 30.1 Å². The number of nitrogens with one attached hydrogen (secondary N) is 2. The Kier molecular flexibility index (Phi) is 3.54. The first kappa shape index (κ1) is 11.4. The Balaban J connectivity index is 1.92. The zero-order valence-corrected chi connectivity index (χ0v) is 9.90. The smallest absolute Gasteiger partial charge is 0.218 e. The Morgan fingerprint density at radius 3 is 3.00 bits per heavy atom. The number of methoxy groups -OCH3 is 1. The van der Waals surface area contributed by atoms with Crippen LogP contribution in [-0.4, -0.2) is 33.6 Å². The summed E-state index contributed by atoms with van der Waals surface area (Å²) in [7, 11) is 1.59. The molecule has 0 unspecified atom stereocenters. The Morgan fingerprint density at radius 1 is 1.41 bits per heavy atom. The average molecular weight is 233 g/mol. The number of aromatic amines is 1. The van der Waals surface area contributed by atoms with Crippen molar-refractivity contribution >= 4 is 5.82 Å². The summed E-state index contributed by atoms with van der Waals surface area (Å²) in [6.45, 7) is 2.62. The van der Waals surface area contributed by atoms with E-state index in [4.69, 9.17) is 4.74 Å². The summed E-state index contributed by atoms with van der Waals surface area (Å²) in [6.07, 6.45) is 4.35. The number of aromatic nitrogens is 4. The molecule has 0 saturated carbocycles. The van der Waals surface area contributed by atoms with E-state index in [1.807, 2.05) is 13.1 Å². The number of H-pyrrole nitrogens is 1. The van der Waals surface area contributed by atoms with Gasteiger partial charge in [-0.3, -0.25) is 0 Å². The van der Waals surface area contributed by atoms with Gasteiger partial charge < -0.3 is 15.0 Å². The van der Waals surface area contributed by atoms with Crippen molar-refractivity contribution in [2.75, 3.05) is 19.0 Å². The van der Waals surface area contributed by atoms with Crippen molar-refractivity contribution < 1.29 is 4.74 Å². The third-order valence-corrected chi connectivity index (χ3v) is 2.28. The first-order chi connectivity index (χ1) is 8.28. The van der Waals surface area contributed by atoms with Crippen molar-refractivity contribution in [2.24, 2.45) is 0 Å². The van der Waals surface area contributed by atoms with Crippen LogP contribution >= 0.6 is 0 Å². The normalized spacial score (nSPS) is 10.2. The standard InChI is InChI=1S/C11H15N5O/c1-8-15-10(5-11(16-8)17-2)13-4-3-9-6-12-7-14-9/h5-7H,3-4H2,1-2H3,(H,12,14)(H,13,15,16). The molecule has 0 atom stereocenters. The van der Waals surface area contributed by atoms with E-state index in [0.29, 0.717) is 11.7 Å². The molecule has 0 radical (unpaired) electrons. The van der Waals surface area contributed by atoms with Crippen LogP contribution in [0.1, 0.15) is 11.5 Å². The molecule has 6 nitrogen and oxygen atoms in total. The SMILES string of the molecule is COc1cc(NCCc2cnc[nH]2)nc(C)n1. The second kappa shape index (κ2) is 5.29. The highest BCUT2D eigenvalue weighted by Gasteiger charge is 2.01. The van der Waals surface area contributed by atoms with Crippen LogP contribution in [-0.2, 0) is 6.42 Å². The number of ether oxygens (including phenoxy) is 1. The molecular formula is C11H15N5O. The fourth-order valence-electron chi connectivity index (χ4n) is 1.48. The molecule has 2 N–H and O–H groups in total. The van der Waals surface area contributed by atoms with Gasteiger partial charge in [0.05, 0.1) is 13.4 Å². The van der Waals surface area contributed by atoms with Gasteiger partial charge in [-0.05, 0) is 6.92 Å². The predicted octanol–water partition coefficient (Wildman–Crippen LogP) is 1.17. The third-order valence-electron chi connectivity index (χ3n) is 2.28. The highest BCUT2D eigenvalue weighted by molar-refractivity contribution is 5.38. The van der Waals surface area contributed by atoms with Gasteiger partial charge in [-0.2, -0.15) is 4.98 Å². The van der Waals surface area contributed by atoms with Crippen LogP contribution in [0.2, 0.25) is 0 Å². The minimum Gasteiger partial charge on any atom is -0.481 e. The topological polar surface area (TPSA) is 75.7 Å². The second-order valence-electron chi connectivity index (χ2n) is 3.60. The minimum absolute atomic E-state index is 0.571. The lowest BCUT2D eigenvalue weighted by Gasteiger charge is -2.07. The van der Waals surface area contributed by atoms with Gasteiger partial charge in [-0.25, -0.2) is 9.97 Å². The summed E-state index contributed by atoms with van der Waals surface area (Å²) < 4.78 is 5.08. The van der Waals surface area contributed by atoms with E-state index in [-0.39, 0.29) is 0 Å². The van der Waals surface area contributed by atoms with E-state index in [1.54, 1.807) is 19.5 Å². The number of rotatable bonds is 5. The molecule has 0 aliphatic carbocycles. The van der Waals surface area contributed by atoms with Crippen molar-refractivity contribution in [3.63, 3.8) is 0 Å². The lowest BCUT2D eigenvalue weighted by molar-refractivity contribution is 0.396. The summed E-state index contributed by atoms with van der Waals surface area (Å²) in [5, 5.41) is 3.22. The van der Waals surface area contributed by atoms with Crippen LogP contribution in [0, 0.1) is 6.92 Å². The number of nitrogens with zero attached hydrogens (tertiary/aromatic N) is 3. The van der Waals surface area contributed by atoms with Gasteiger partial charge in [-0.1, -0.05) is 0 Å². The van der Waals surface area contributed by atoms with Crippen molar-refractivity contribution in [2.45, 2.75) is 13.3 Å². The molecule has 2 rings (SSSR count). The summed E-state index contributed by atoms with van der Waals surface area (Å²) in [5.74, 6) is 2.03. The van der Waals surface area contributed by atoms with Gasteiger partial charge in [0.15, 0.2) is 0 Å². The van der Waals surface area contributed by atoms with Gasteiger partial charge in [0.2, 0.25) is 5.88 Å². The Morgan fingerprint density at radius 2 is 2.29 bits per heavy atom. The molecule has 2 heterocycles. The van der Waals surface area contributed by atoms with Crippen LogP contribution in [0.15, 0.2) is 18.6 Å². The van der Waals surface area contributed by atoms with E-state index in [1.165, 1.54) is 0 Å². The maximum absolute atomic E-state index is 5.08. The molecule has 17 heavy (non-hydrogen) atoms. The van der Waals surface area contributed by atoms with E-state index in [9.17, 15) is 0 Å². The molecule has 2 aromatic rings. The molecule has 0 aromatic carbocycles. The highest BCUT2D eigenvalue weighted by Crippen LogP contribution is 2.12. The monoisotopic (exact) mass is 233 g/mol. The second-order valence-corrected chi connectivity index (χ2v) is 3.60. The number of aryl methyl sites for hydroxylation is 1. The van der Waals surface area contributed by atoms with Gasteiger partial charge in [-0.15, -0.1) is 0 Å². The third kappa shape index (κ3) is 3.17. The van der Waals surface area contributed by atoms with E-state index < -0.39 is 0 Å². The fourth-order valence-corrected chi connectivity index (χ4v) is 1.48. The van der Waals surface area contributed by atoms with Crippen molar-refractivity contribution in [1.29, 1.82) is 0 Å². The zero-order valence-electron chi connectivity index (χ0n) is 9.90. The zero-order chi connectivity index (χ0) is 12.1. The number of hydrogen-bond acceptors (Lipinski definition) is 5. The summed E-state index contributed by atoms with van der Waals surface area (Å²) in [6, 6.07) is 1.78. The highest BCUT2D eigenvalue weighted by atomic mass is 16.5. The van der Waals surface area contributed by atoms with Crippen LogP contribution in [0.25, 0.3) is 0 Å². The molecule has 0 amide bonds. The molecule has 2 aromatic heterocycles. The van der Waals surface area contributed by atoms with Crippen LogP contribution < -0.4 is 10.1 Å². The Hall–Kier alpha value is -2.11. The number of imidazole rings is 1. The van der Waals surface area contributed by atoms with Crippen molar-refractivity contribution in [1.82, 2.24) is 19.9 Å². The van der Waals surface area contributed by atoms with Gasteiger partial charge in [0, 0.05) is 30.9 Å². The maximum Gasteiger partial charge on any atom is 0.218 e. The van der Waals surface area contributed by atoms with E-state index in [2.05, 4.69) is 25.3 Å². The molecule has 0 bridgehead atoms. The Bertz CT molecular complexity index is 469. The van der Waals surface area contributed by atoms with Gasteiger partial charge in [0.25, 0.3) is 0 Å². The number of hydrogen-bond donors (Lipinski definition) is 2. The number of anilines is 1.